The summed E-state index contributed by atoms with van der Waals surface area (Å²) in [5.41, 5.74) is 1.68. The summed E-state index contributed by atoms with van der Waals surface area (Å²) in [6, 6.07) is 8.46. The van der Waals surface area contributed by atoms with Crippen molar-refractivity contribution in [3.05, 3.63) is 29.8 Å². The first-order chi connectivity index (χ1) is 12.6. The standard InChI is InChI=1S/C23H33NO2/c1-3-17-4-6-21(7-5-17)26-9-8-22(25)24-16(2)23-13-18-10-19(14-23)12-20(11-18)15-23/h4-7,16,18-20H,3,8-15H2,1-2H3,(H,24,25). The van der Waals surface area contributed by atoms with Gasteiger partial charge in [-0.05, 0) is 92.7 Å². The maximum atomic E-state index is 12.4. The summed E-state index contributed by atoms with van der Waals surface area (Å²) in [4.78, 5) is 12.4. The van der Waals surface area contributed by atoms with Gasteiger partial charge in [0.05, 0.1) is 13.0 Å². The van der Waals surface area contributed by atoms with E-state index in [0.29, 0.717) is 24.5 Å². The number of aryl methyl sites for hydroxylation is 1. The lowest BCUT2D eigenvalue weighted by atomic mass is 9.48. The van der Waals surface area contributed by atoms with Crippen molar-refractivity contribution in [3.63, 3.8) is 0 Å². The molecule has 4 aliphatic rings. The van der Waals surface area contributed by atoms with Crippen LogP contribution in [0.25, 0.3) is 0 Å². The van der Waals surface area contributed by atoms with Gasteiger partial charge in [0.25, 0.3) is 0 Å². The highest BCUT2D eigenvalue weighted by molar-refractivity contribution is 5.76. The molecule has 5 rings (SSSR count). The van der Waals surface area contributed by atoms with Crippen molar-refractivity contribution < 1.29 is 9.53 Å². The van der Waals surface area contributed by atoms with Gasteiger partial charge < -0.3 is 10.1 Å². The number of hydrogen-bond acceptors (Lipinski definition) is 2. The predicted molar refractivity (Wildman–Crippen MR) is 104 cm³/mol. The molecule has 0 radical (unpaired) electrons. The largest absolute Gasteiger partial charge is 0.493 e. The van der Waals surface area contributed by atoms with Gasteiger partial charge >= 0.3 is 0 Å². The Morgan fingerprint density at radius 2 is 1.69 bits per heavy atom. The van der Waals surface area contributed by atoms with Gasteiger partial charge in [0.2, 0.25) is 5.91 Å². The summed E-state index contributed by atoms with van der Waals surface area (Å²) in [5, 5.41) is 3.32. The zero-order valence-electron chi connectivity index (χ0n) is 16.3. The summed E-state index contributed by atoms with van der Waals surface area (Å²) in [7, 11) is 0. The molecule has 142 valence electrons. The second kappa shape index (κ2) is 7.25. The number of hydrogen-bond donors (Lipinski definition) is 1. The van der Waals surface area contributed by atoms with Gasteiger partial charge in [-0.15, -0.1) is 0 Å². The quantitative estimate of drug-likeness (QED) is 0.767. The van der Waals surface area contributed by atoms with Crippen LogP contribution in [0.1, 0.15) is 64.4 Å². The Bertz CT molecular complexity index is 601. The normalized spacial score (nSPS) is 33.1. The molecule has 4 aliphatic carbocycles. The summed E-state index contributed by atoms with van der Waals surface area (Å²) < 4.78 is 5.75. The van der Waals surface area contributed by atoms with Gasteiger partial charge in [0, 0.05) is 6.04 Å². The van der Waals surface area contributed by atoms with Crippen molar-refractivity contribution >= 4 is 5.91 Å². The van der Waals surface area contributed by atoms with Crippen molar-refractivity contribution in [1.82, 2.24) is 5.32 Å². The molecule has 4 saturated carbocycles. The van der Waals surface area contributed by atoms with Crippen molar-refractivity contribution in [2.75, 3.05) is 6.61 Å². The van der Waals surface area contributed by atoms with E-state index in [1.54, 1.807) is 0 Å². The Balaban J connectivity index is 1.25. The minimum Gasteiger partial charge on any atom is -0.493 e. The maximum absolute atomic E-state index is 12.4. The molecule has 4 fully saturated rings. The molecule has 1 unspecified atom stereocenters. The first-order valence-electron chi connectivity index (χ1n) is 10.6. The molecular formula is C23H33NO2. The zero-order valence-corrected chi connectivity index (χ0v) is 16.3. The maximum Gasteiger partial charge on any atom is 0.223 e. The van der Waals surface area contributed by atoms with Crippen LogP contribution < -0.4 is 10.1 Å². The molecular weight excluding hydrogens is 322 g/mol. The fraction of sp³-hybridized carbons (Fsp3) is 0.696. The zero-order chi connectivity index (χ0) is 18.1. The summed E-state index contributed by atoms with van der Waals surface area (Å²) in [6.07, 6.45) is 9.82. The molecule has 0 heterocycles. The van der Waals surface area contributed by atoms with E-state index >= 15 is 0 Å². The molecule has 3 heteroatoms. The molecule has 26 heavy (non-hydrogen) atoms. The average molecular weight is 356 g/mol. The minimum absolute atomic E-state index is 0.137. The molecule has 0 spiro atoms. The first kappa shape index (κ1) is 17.9. The van der Waals surface area contributed by atoms with Gasteiger partial charge in [-0.1, -0.05) is 19.1 Å². The molecule has 3 nitrogen and oxygen atoms in total. The van der Waals surface area contributed by atoms with Crippen molar-refractivity contribution in [3.8, 4) is 5.75 Å². The fourth-order valence-electron chi connectivity index (χ4n) is 6.26. The number of rotatable bonds is 7. The third kappa shape index (κ3) is 3.63. The molecule has 1 N–H and O–H groups in total. The van der Waals surface area contributed by atoms with Crippen LogP contribution in [0.3, 0.4) is 0 Å². The SMILES string of the molecule is CCc1ccc(OCCC(=O)NC(C)C23CC4CC(CC(C4)C2)C3)cc1. The highest BCUT2D eigenvalue weighted by atomic mass is 16.5. The molecule has 0 aromatic heterocycles. The van der Waals surface area contributed by atoms with Crippen LogP contribution >= 0.6 is 0 Å². The van der Waals surface area contributed by atoms with E-state index in [2.05, 4.69) is 31.3 Å². The highest BCUT2D eigenvalue weighted by Gasteiger charge is 2.53. The van der Waals surface area contributed by atoms with Crippen LogP contribution in [0.4, 0.5) is 0 Å². The Morgan fingerprint density at radius 1 is 1.12 bits per heavy atom. The second-order valence-corrected chi connectivity index (χ2v) is 9.17. The lowest BCUT2D eigenvalue weighted by Crippen LogP contribution is -2.55. The summed E-state index contributed by atoms with van der Waals surface area (Å²) in [5.74, 6) is 3.77. The van der Waals surface area contributed by atoms with E-state index in [4.69, 9.17) is 4.74 Å². The van der Waals surface area contributed by atoms with Crippen LogP contribution in [0.5, 0.6) is 5.75 Å². The first-order valence-corrected chi connectivity index (χ1v) is 10.6. The number of amides is 1. The minimum atomic E-state index is 0.137. The van der Waals surface area contributed by atoms with E-state index in [-0.39, 0.29) is 5.91 Å². The van der Waals surface area contributed by atoms with Crippen LogP contribution in [0, 0.1) is 23.2 Å². The Hall–Kier alpha value is -1.51. The molecule has 1 amide bonds. The number of nitrogens with one attached hydrogen (secondary N) is 1. The summed E-state index contributed by atoms with van der Waals surface area (Å²) >= 11 is 0. The van der Waals surface area contributed by atoms with Crippen LogP contribution in [-0.2, 0) is 11.2 Å². The lowest BCUT2D eigenvalue weighted by Gasteiger charge is -2.59. The van der Waals surface area contributed by atoms with Gasteiger partial charge in [-0.3, -0.25) is 4.79 Å². The Morgan fingerprint density at radius 3 is 2.23 bits per heavy atom. The Kier molecular flexibility index (Phi) is 4.98. The smallest absolute Gasteiger partial charge is 0.223 e. The molecule has 0 saturated heterocycles. The molecule has 4 bridgehead atoms. The van der Waals surface area contributed by atoms with Crippen LogP contribution in [0.15, 0.2) is 24.3 Å². The van der Waals surface area contributed by atoms with Gasteiger partial charge in [-0.2, -0.15) is 0 Å². The molecule has 1 atom stereocenters. The molecule has 1 aromatic rings. The van der Waals surface area contributed by atoms with Crippen molar-refractivity contribution in [2.24, 2.45) is 23.2 Å². The van der Waals surface area contributed by atoms with Crippen LogP contribution in [0.2, 0.25) is 0 Å². The van der Waals surface area contributed by atoms with E-state index in [0.717, 1.165) is 29.9 Å². The molecule has 1 aromatic carbocycles. The second-order valence-electron chi connectivity index (χ2n) is 9.17. The van der Waals surface area contributed by atoms with E-state index in [1.807, 2.05) is 12.1 Å². The number of carbonyl (C=O) groups excluding carboxylic acids is 1. The Labute approximate surface area is 157 Å². The number of carbonyl (C=O) groups is 1. The highest BCUT2D eigenvalue weighted by Crippen LogP contribution is 2.61. The van der Waals surface area contributed by atoms with Crippen molar-refractivity contribution in [1.29, 1.82) is 0 Å². The van der Waals surface area contributed by atoms with E-state index in [9.17, 15) is 4.79 Å². The third-order valence-corrected chi connectivity index (χ3v) is 7.31. The van der Waals surface area contributed by atoms with Gasteiger partial charge in [0.1, 0.15) is 5.75 Å². The topological polar surface area (TPSA) is 38.3 Å². The molecule has 0 aliphatic heterocycles. The number of ether oxygens (including phenoxy) is 1. The average Bonchev–Trinajstić information content (AvgIpc) is 2.61. The predicted octanol–water partition coefficient (Wildman–Crippen LogP) is 4.74. The fourth-order valence-corrected chi connectivity index (χ4v) is 6.26. The van der Waals surface area contributed by atoms with E-state index < -0.39 is 0 Å². The lowest BCUT2D eigenvalue weighted by molar-refractivity contribution is -0.126. The van der Waals surface area contributed by atoms with E-state index in [1.165, 1.54) is 44.1 Å². The number of benzene rings is 1. The van der Waals surface area contributed by atoms with Gasteiger partial charge in [0.15, 0.2) is 0 Å². The third-order valence-electron chi connectivity index (χ3n) is 7.31. The van der Waals surface area contributed by atoms with Gasteiger partial charge in [-0.25, -0.2) is 0 Å². The summed E-state index contributed by atoms with van der Waals surface area (Å²) in [6.45, 7) is 4.84. The van der Waals surface area contributed by atoms with Crippen LogP contribution in [-0.4, -0.2) is 18.6 Å². The van der Waals surface area contributed by atoms with Crippen molar-refractivity contribution in [2.45, 2.75) is 71.3 Å². The monoisotopic (exact) mass is 355 g/mol.